The monoisotopic (exact) mass is 144 g/mol. The molecule has 5 heteroatoms. The second kappa shape index (κ2) is 3.60. The van der Waals surface area contributed by atoms with Crippen molar-refractivity contribution < 1.29 is 19.9 Å². The molecule has 0 spiro atoms. The molecule has 0 bridgehead atoms. The Morgan fingerprint density at radius 2 is 2.10 bits per heavy atom. The topological polar surface area (TPSA) is 89.8 Å². The van der Waals surface area contributed by atoms with Gasteiger partial charge in [0.1, 0.15) is 5.71 Å². The van der Waals surface area contributed by atoms with Crippen molar-refractivity contribution in [2.45, 2.75) is 13.3 Å². The highest BCUT2D eigenvalue weighted by molar-refractivity contribution is 6.41. The number of hydrogen-bond acceptors (Lipinski definition) is 5. The van der Waals surface area contributed by atoms with Crippen LogP contribution in [0.4, 0.5) is 0 Å². The molecule has 0 aliphatic carbocycles. The molecule has 0 atom stereocenters. The van der Waals surface area contributed by atoms with Crippen LogP contribution in [0.3, 0.4) is 0 Å². The summed E-state index contributed by atoms with van der Waals surface area (Å²) < 4.78 is 0. The van der Waals surface area contributed by atoms with Crippen LogP contribution in [0.1, 0.15) is 13.3 Å². The predicted molar refractivity (Wildman–Crippen MR) is 29.5 cm³/mol. The number of carbonyl (C=O) groups is 2. The number of nitrogens with zero attached hydrogens (tertiary/aromatic N) is 1. The van der Waals surface area contributed by atoms with Gasteiger partial charge in [-0.3, -0.25) is 4.79 Å². The van der Waals surface area contributed by atoms with Gasteiger partial charge in [0.15, 0.2) is 5.78 Å². The number of rotatable bonds is 3. The molecule has 0 aromatic rings. The molecule has 0 saturated carbocycles. The summed E-state index contributed by atoms with van der Waals surface area (Å²) in [5, 5.41) is 20.3. The molecule has 0 aliphatic heterocycles. The smallest absolute Gasteiger partial charge is 0.185 e. The van der Waals surface area contributed by atoms with Gasteiger partial charge in [0.2, 0.25) is 0 Å². The van der Waals surface area contributed by atoms with Crippen molar-refractivity contribution in [3.05, 3.63) is 0 Å². The molecular formula is C5H6NO4-. The number of Topliss-reactive ketones (excluding diaryl/α,β-unsaturated/α-hetero) is 1. The van der Waals surface area contributed by atoms with Crippen LogP contribution < -0.4 is 5.11 Å². The van der Waals surface area contributed by atoms with E-state index in [1.54, 1.807) is 0 Å². The van der Waals surface area contributed by atoms with Gasteiger partial charge in [0, 0.05) is 5.97 Å². The number of carbonyl (C=O) groups excluding carboxylic acids is 2. The molecule has 0 fully saturated rings. The molecule has 0 saturated heterocycles. The second-order valence-corrected chi connectivity index (χ2v) is 1.66. The third-order valence-corrected chi connectivity index (χ3v) is 0.858. The van der Waals surface area contributed by atoms with Crippen LogP contribution >= 0.6 is 0 Å². The zero-order valence-electron chi connectivity index (χ0n) is 5.33. The molecule has 0 unspecified atom stereocenters. The zero-order valence-corrected chi connectivity index (χ0v) is 5.33. The Kier molecular flexibility index (Phi) is 3.10. The molecule has 0 rings (SSSR count). The summed E-state index contributed by atoms with van der Waals surface area (Å²) in [5.74, 6) is -2.23. The summed E-state index contributed by atoms with van der Waals surface area (Å²) >= 11 is 0. The van der Waals surface area contributed by atoms with Crippen molar-refractivity contribution in [2.24, 2.45) is 5.16 Å². The van der Waals surface area contributed by atoms with E-state index in [1.807, 2.05) is 0 Å². The zero-order chi connectivity index (χ0) is 8.15. The van der Waals surface area contributed by atoms with E-state index in [0.29, 0.717) is 0 Å². The van der Waals surface area contributed by atoms with E-state index in [1.165, 1.54) is 6.92 Å². The Morgan fingerprint density at radius 3 is 2.40 bits per heavy atom. The first-order valence-electron chi connectivity index (χ1n) is 2.49. The number of ketones is 1. The average Bonchev–Trinajstić information content (AvgIpc) is 1.85. The van der Waals surface area contributed by atoms with Gasteiger partial charge in [-0.15, -0.1) is 0 Å². The van der Waals surface area contributed by atoms with Crippen LogP contribution in [0.5, 0.6) is 0 Å². The fraction of sp³-hybridized carbons (Fsp3) is 0.400. The summed E-state index contributed by atoms with van der Waals surface area (Å²) in [6, 6.07) is 0. The Labute approximate surface area is 57.0 Å². The van der Waals surface area contributed by atoms with Crippen molar-refractivity contribution in [2.75, 3.05) is 0 Å². The minimum absolute atomic E-state index is 0.232. The third kappa shape index (κ3) is 2.81. The van der Waals surface area contributed by atoms with Gasteiger partial charge in [-0.25, -0.2) is 0 Å². The van der Waals surface area contributed by atoms with E-state index in [2.05, 4.69) is 5.16 Å². The van der Waals surface area contributed by atoms with Gasteiger partial charge in [-0.2, -0.15) is 0 Å². The SMILES string of the molecule is C/C(=N/O)C(=O)CC(=O)[O-]. The lowest BCUT2D eigenvalue weighted by molar-refractivity contribution is -0.304. The summed E-state index contributed by atoms with van der Waals surface area (Å²) in [7, 11) is 0. The maximum atomic E-state index is 10.5. The maximum Gasteiger partial charge on any atom is 0.185 e. The lowest BCUT2D eigenvalue weighted by Gasteiger charge is -1.97. The predicted octanol–water partition coefficient (Wildman–Crippen LogP) is -1.45. The van der Waals surface area contributed by atoms with Crippen LogP contribution in [0, 0.1) is 0 Å². The van der Waals surface area contributed by atoms with Crippen molar-refractivity contribution in [3.63, 3.8) is 0 Å². The molecule has 0 aromatic heterocycles. The first kappa shape index (κ1) is 8.61. The summed E-state index contributed by atoms with van der Waals surface area (Å²) in [6.07, 6.45) is -0.740. The minimum Gasteiger partial charge on any atom is -0.550 e. The van der Waals surface area contributed by atoms with Gasteiger partial charge in [0.05, 0.1) is 6.42 Å². The summed E-state index contributed by atoms with van der Waals surface area (Å²) in [5.41, 5.74) is -0.232. The quantitative estimate of drug-likeness (QED) is 0.227. The minimum atomic E-state index is -1.48. The fourth-order valence-electron chi connectivity index (χ4n) is 0.315. The van der Waals surface area contributed by atoms with E-state index in [0.717, 1.165) is 0 Å². The average molecular weight is 144 g/mol. The molecule has 0 amide bonds. The number of aliphatic carboxylic acids is 1. The Hall–Kier alpha value is -1.39. The first-order valence-corrected chi connectivity index (χ1v) is 2.49. The first-order chi connectivity index (χ1) is 4.57. The largest absolute Gasteiger partial charge is 0.550 e. The van der Waals surface area contributed by atoms with Crippen LogP contribution in [0.2, 0.25) is 0 Å². The van der Waals surface area contributed by atoms with Crippen molar-refractivity contribution >= 4 is 17.5 Å². The summed E-state index contributed by atoms with van der Waals surface area (Å²) in [6.45, 7) is 1.21. The number of hydrogen-bond donors (Lipinski definition) is 1. The lowest BCUT2D eigenvalue weighted by atomic mass is 10.2. The molecule has 10 heavy (non-hydrogen) atoms. The molecule has 1 N–H and O–H groups in total. The van der Waals surface area contributed by atoms with Crippen molar-refractivity contribution in [3.8, 4) is 0 Å². The lowest BCUT2D eigenvalue weighted by Crippen LogP contribution is -2.27. The van der Waals surface area contributed by atoms with Crippen LogP contribution in [0.15, 0.2) is 5.16 Å². The molecule has 5 nitrogen and oxygen atoms in total. The molecule has 0 heterocycles. The number of carboxylic acids is 1. The van der Waals surface area contributed by atoms with E-state index in [-0.39, 0.29) is 5.71 Å². The standard InChI is InChI=1S/C5H7NO4/c1-3(6-10)4(7)2-5(8)9/h10H,2H2,1H3,(H,8,9)/p-1/b6-3-. The van der Waals surface area contributed by atoms with E-state index >= 15 is 0 Å². The third-order valence-electron chi connectivity index (χ3n) is 0.858. The Balaban J connectivity index is 3.99. The number of carboxylic acid groups (broad SMARTS) is 1. The van der Waals surface area contributed by atoms with Gasteiger partial charge in [0.25, 0.3) is 0 Å². The van der Waals surface area contributed by atoms with Crippen LogP contribution in [0.25, 0.3) is 0 Å². The van der Waals surface area contributed by atoms with Gasteiger partial charge in [-0.05, 0) is 6.92 Å². The molecular weight excluding hydrogens is 138 g/mol. The Morgan fingerprint density at radius 1 is 1.60 bits per heavy atom. The molecule has 0 radical (unpaired) electrons. The second-order valence-electron chi connectivity index (χ2n) is 1.66. The highest BCUT2D eigenvalue weighted by Gasteiger charge is 2.05. The summed E-state index contributed by atoms with van der Waals surface area (Å²) in [4.78, 5) is 20.2. The molecule has 0 aromatic carbocycles. The van der Waals surface area contributed by atoms with Crippen LogP contribution in [-0.2, 0) is 9.59 Å². The molecule has 0 aliphatic rings. The molecule has 56 valence electrons. The highest BCUT2D eigenvalue weighted by atomic mass is 16.4. The Bertz CT molecular complexity index is 184. The highest BCUT2D eigenvalue weighted by Crippen LogP contribution is 1.84. The van der Waals surface area contributed by atoms with Gasteiger partial charge >= 0.3 is 0 Å². The fourth-order valence-corrected chi connectivity index (χ4v) is 0.315. The van der Waals surface area contributed by atoms with Crippen molar-refractivity contribution in [1.82, 2.24) is 0 Å². The van der Waals surface area contributed by atoms with Crippen LogP contribution in [-0.4, -0.2) is 22.7 Å². The van der Waals surface area contributed by atoms with E-state index in [4.69, 9.17) is 5.21 Å². The van der Waals surface area contributed by atoms with E-state index in [9.17, 15) is 14.7 Å². The van der Waals surface area contributed by atoms with Gasteiger partial charge in [-0.1, -0.05) is 5.16 Å². The van der Waals surface area contributed by atoms with Crippen molar-refractivity contribution in [1.29, 1.82) is 0 Å². The van der Waals surface area contributed by atoms with E-state index < -0.39 is 18.2 Å². The maximum absolute atomic E-state index is 10.5. The normalized spacial score (nSPS) is 11.1. The number of oxime groups is 1. The van der Waals surface area contributed by atoms with Gasteiger partial charge < -0.3 is 15.1 Å².